The van der Waals surface area contributed by atoms with Crippen LogP contribution in [0.25, 0.3) is 0 Å². The minimum absolute atomic E-state index is 0.144. The molecular formula is C20H26FNO3. The molecule has 2 atom stereocenters. The molecule has 136 valence electrons. The van der Waals surface area contributed by atoms with E-state index in [9.17, 15) is 9.50 Å². The van der Waals surface area contributed by atoms with Crippen LogP contribution in [0.15, 0.2) is 42.5 Å². The molecule has 0 heterocycles. The zero-order chi connectivity index (χ0) is 18.4. The van der Waals surface area contributed by atoms with Crippen LogP contribution in [-0.4, -0.2) is 31.9 Å². The van der Waals surface area contributed by atoms with Crippen LogP contribution in [0.4, 0.5) is 4.39 Å². The maximum atomic E-state index is 13.0. The third kappa shape index (κ3) is 5.18. The Morgan fingerprint density at radius 1 is 1.08 bits per heavy atom. The number of aliphatic hydroxyl groups is 1. The zero-order valence-corrected chi connectivity index (χ0v) is 15.2. The number of nitrogens with one attached hydrogen (secondary N) is 1. The maximum absolute atomic E-state index is 13.0. The monoisotopic (exact) mass is 347 g/mol. The summed E-state index contributed by atoms with van der Waals surface area (Å²) in [5.41, 5.74) is 0.721. The summed E-state index contributed by atoms with van der Waals surface area (Å²) in [6, 6.07) is 11.9. The number of hydrogen-bond donors (Lipinski definition) is 2. The molecule has 0 aromatic heterocycles. The smallest absolute Gasteiger partial charge is 0.160 e. The predicted octanol–water partition coefficient (Wildman–Crippen LogP) is 3.27. The van der Waals surface area contributed by atoms with E-state index in [1.54, 1.807) is 33.3 Å². The standard InChI is InChI=1S/C20H26FNO3/c1-14(11-15-5-10-18(24-3)19(12-15)25-4)22-13-20(2,23)16-6-8-17(21)9-7-16/h5-10,12,14,22-23H,11,13H2,1-4H3. The highest BCUT2D eigenvalue weighted by Gasteiger charge is 2.23. The van der Waals surface area contributed by atoms with E-state index >= 15 is 0 Å². The fraction of sp³-hybridized carbons (Fsp3) is 0.400. The minimum Gasteiger partial charge on any atom is -0.493 e. The first-order valence-corrected chi connectivity index (χ1v) is 8.28. The lowest BCUT2D eigenvalue weighted by Gasteiger charge is -2.26. The van der Waals surface area contributed by atoms with Gasteiger partial charge in [-0.3, -0.25) is 0 Å². The molecule has 25 heavy (non-hydrogen) atoms. The molecule has 0 radical (unpaired) electrons. The summed E-state index contributed by atoms with van der Waals surface area (Å²) in [6.07, 6.45) is 0.778. The van der Waals surface area contributed by atoms with Crippen molar-refractivity contribution in [1.82, 2.24) is 5.32 Å². The summed E-state index contributed by atoms with van der Waals surface area (Å²) >= 11 is 0. The molecule has 2 rings (SSSR count). The maximum Gasteiger partial charge on any atom is 0.160 e. The van der Waals surface area contributed by atoms with Crippen molar-refractivity contribution in [3.8, 4) is 11.5 Å². The van der Waals surface area contributed by atoms with E-state index in [1.807, 2.05) is 18.2 Å². The fourth-order valence-electron chi connectivity index (χ4n) is 2.72. The molecule has 5 heteroatoms. The Morgan fingerprint density at radius 2 is 1.72 bits per heavy atom. The largest absolute Gasteiger partial charge is 0.493 e. The van der Waals surface area contributed by atoms with Gasteiger partial charge >= 0.3 is 0 Å². The zero-order valence-electron chi connectivity index (χ0n) is 15.2. The lowest BCUT2D eigenvalue weighted by Crippen LogP contribution is -2.40. The summed E-state index contributed by atoms with van der Waals surface area (Å²) in [5, 5.41) is 14.0. The molecule has 0 saturated carbocycles. The van der Waals surface area contributed by atoms with Crippen LogP contribution in [0.2, 0.25) is 0 Å². The molecule has 0 aliphatic heterocycles. The Hall–Kier alpha value is -2.11. The number of methoxy groups -OCH3 is 2. The van der Waals surface area contributed by atoms with Gasteiger partial charge in [0.05, 0.1) is 19.8 Å². The molecule has 0 fully saturated rings. The Kier molecular flexibility index (Phi) is 6.39. The van der Waals surface area contributed by atoms with Gasteiger partial charge in [-0.1, -0.05) is 18.2 Å². The van der Waals surface area contributed by atoms with Gasteiger partial charge in [-0.2, -0.15) is 0 Å². The average molecular weight is 347 g/mol. The van der Waals surface area contributed by atoms with Gasteiger partial charge in [-0.05, 0) is 55.7 Å². The summed E-state index contributed by atoms with van der Waals surface area (Å²) < 4.78 is 23.6. The first kappa shape index (κ1) is 19.2. The number of rotatable bonds is 8. The topological polar surface area (TPSA) is 50.7 Å². The van der Waals surface area contributed by atoms with E-state index < -0.39 is 5.60 Å². The minimum atomic E-state index is -1.07. The van der Waals surface area contributed by atoms with Gasteiger partial charge in [-0.15, -0.1) is 0 Å². The van der Waals surface area contributed by atoms with Gasteiger partial charge in [0.2, 0.25) is 0 Å². The third-order valence-electron chi connectivity index (χ3n) is 4.25. The highest BCUT2D eigenvalue weighted by Crippen LogP contribution is 2.28. The van der Waals surface area contributed by atoms with Crippen LogP contribution in [-0.2, 0) is 12.0 Å². The van der Waals surface area contributed by atoms with Crippen LogP contribution in [0.1, 0.15) is 25.0 Å². The van der Waals surface area contributed by atoms with Crippen molar-refractivity contribution in [3.63, 3.8) is 0 Å². The van der Waals surface area contributed by atoms with Crippen molar-refractivity contribution >= 4 is 0 Å². The van der Waals surface area contributed by atoms with Crippen molar-refractivity contribution in [2.24, 2.45) is 0 Å². The molecule has 2 aromatic carbocycles. The number of hydrogen-bond acceptors (Lipinski definition) is 4. The summed E-state index contributed by atoms with van der Waals surface area (Å²) in [7, 11) is 3.22. The van der Waals surface area contributed by atoms with Gasteiger partial charge in [0.25, 0.3) is 0 Å². The Balaban J connectivity index is 1.96. The molecule has 2 N–H and O–H groups in total. The van der Waals surface area contributed by atoms with Crippen molar-refractivity contribution in [3.05, 3.63) is 59.4 Å². The SMILES string of the molecule is COc1ccc(CC(C)NCC(C)(O)c2ccc(F)cc2)cc1OC. The molecule has 4 nitrogen and oxygen atoms in total. The quantitative estimate of drug-likeness (QED) is 0.769. The molecule has 0 aliphatic carbocycles. The van der Waals surface area contributed by atoms with E-state index in [4.69, 9.17) is 9.47 Å². The van der Waals surface area contributed by atoms with Crippen molar-refractivity contribution in [1.29, 1.82) is 0 Å². The Bertz CT molecular complexity index is 686. The van der Waals surface area contributed by atoms with E-state index in [1.165, 1.54) is 12.1 Å². The molecule has 0 spiro atoms. The molecular weight excluding hydrogens is 321 g/mol. The van der Waals surface area contributed by atoms with E-state index in [2.05, 4.69) is 12.2 Å². The normalized spacial score (nSPS) is 14.6. The second kappa shape index (κ2) is 8.32. The van der Waals surface area contributed by atoms with E-state index in [-0.39, 0.29) is 11.9 Å². The van der Waals surface area contributed by atoms with Crippen LogP contribution in [0, 0.1) is 5.82 Å². The molecule has 2 aromatic rings. The Labute approximate surface area is 148 Å². The van der Waals surface area contributed by atoms with Crippen LogP contribution >= 0.6 is 0 Å². The van der Waals surface area contributed by atoms with Gasteiger partial charge in [-0.25, -0.2) is 4.39 Å². The van der Waals surface area contributed by atoms with Crippen molar-refractivity contribution < 1.29 is 19.0 Å². The predicted molar refractivity (Wildman–Crippen MR) is 96.7 cm³/mol. The van der Waals surface area contributed by atoms with E-state index in [0.717, 1.165) is 12.0 Å². The molecule has 0 bridgehead atoms. The molecule has 0 aliphatic rings. The summed E-state index contributed by atoms with van der Waals surface area (Å²) in [4.78, 5) is 0. The average Bonchev–Trinajstić information content (AvgIpc) is 2.60. The van der Waals surface area contributed by atoms with Crippen LogP contribution in [0.5, 0.6) is 11.5 Å². The number of benzene rings is 2. The van der Waals surface area contributed by atoms with Gasteiger partial charge in [0.1, 0.15) is 5.82 Å². The molecule has 2 unspecified atom stereocenters. The number of ether oxygens (including phenoxy) is 2. The van der Waals surface area contributed by atoms with Crippen molar-refractivity contribution in [2.75, 3.05) is 20.8 Å². The summed E-state index contributed by atoms with van der Waals surface area (Å²) in [5.74, 6) is 1.09. The summed E-state index contributed by atoms with van der Waals surface area (Å²) in [6.45, 7) is 4.14. The lowest BCUT2D eigenvalue weighted by molar-refractivity contribution is 0.0543. The van der Waals surface area contributed by atoms with Gasteiger partial charge in [0, 0.05) is 12.6 Å². The second-order valence-electron chi connectivity index (χ2n) is 6.46. The highest BCUT2D eigenvalue weighted by atomic mass is 19.1. The van der Waals surface area contributed by atoms with E-state index in [0.29, 0.717) is 23.6 Å². The molecule has 0 amide bonds. The Morgan fingerprint density at radius 3 is 2.32 bits per heavy atom. The fourth-order valence-corrected chi connectivity index (χ4v) is 2.72. The van der Waals surface area contributed by atoms with Crippen molar-refractivity contribution in [2.45, 2.75) is 31.9 Å². The number of halogens is 1. The lowest BCUT2D eigenvalue weighted by atomic mass is 9.95. The van der Waals surface area contributed by atoms with Gasteiger partial charge < -0.3 is 19.9 Å². The highest BCUT2D eigenvalue weighted by molar-refractivity contribution is 5.43. The van der Waals surface area contributed by atoms with Gasteiger partial charge in [0.15, 0.2) is 11.5 Å². The van der Waals surface area contributed by atoms with Crippen LogP contribution in [0.3, 0.4) is 0 Å². The second-order valence-corrected chi connectivity index (χ2v) is 6.46. The van der Waals surface area contributed by atoms with Crippen LogP contribution < -0.4 is 14.8 Å². The molecule has 0 saturated heterocycles. The third-order valence-corrected chi connectivity index (χ3v) is 4.25. The first-order chi connectivity index (χ1) is 11.9. The first-order valence-electron chi connectivity index (χ1n) is 8.28.